The first-order chi connectivity index (χ1) is 76.1. The molecule has 33 heteroatoms. The zero-order valence-electron chi connectivity index (χ0n) is 103. The molecule has 9 fully saturated rings. The van der Waals surface area contributed by atoms with Crippen molar-refractivity contribution in [3.63, 3.8) is 0 Å². The molecule has 0 bridgehead atoms. The van der Waals surface area contributed by atoms with Gasteiger partial charge in [-0.05, 0) is 254 Å². The molecule has 0 radical (unpaired) electrons. The molecule has 3 aromatic heterocycles. The number of carboxylic acid groups (broad SMARTS) is 1. The number of ether oxygens (including phenoxy) is 12. The molecular formula is C115H177Cl2N9O22. The largest absolute Gasteiger partial charge is 0.497 e. The normalized spacial score (nSPS) is 25.1. The Balaban J connectivity index is 0.000000553. The lowest BCUT2D eigenvalue weighted by molar-refractivity contribution is -0.167. The van der Waals surface area contributed by atoms with Crippen molar-refractivity contribution in [3.05, 3.63) is 115 Å². The van der Waals surface area contributed by atoms with Gasteiger partial charge in [-0.2, -0.15) is 0 Å². The molecular weight excluding hydrogens is 1930 g/mol. The summed E-state index contributed by atoms with van der Waals surface area (Å²) in [5, 5.41) is 12.9. The smallest absolute Gasteiger partial charge is 0.329 e. The quantitative estimate of drug-likeness (QED) is 0.0156. The number of carbonyl (C=O) groups excluding carboxylic acids is 8. The summed E-state index contributed by atoms with van der Waals surface area (Å²) in [6.45, 7) is 44.1. The van der Waals surface area contributed by atoms with Gasteiger partial charge in [-0.3, -0.25) is 33.6 Å². The van der Waals surface area contributed by atoms with Crippen LogP contribution in [0.1, 0.15) is 319 Å². The van der Waals surface area contributed by atoms with Crippen LogP contribution >= 0.6 is 23.2 Å². The molecule has 0 unspecified atom stereocenters. The summed E-state index contributed by atoms with van der Waals surface area (Å²) in [6, 6.07) is 13.7. The Hall–Kier alpha value is -10.8. The van der Waals surface area contributed by atoms with Gasteiger partial charge in [-0.15, -0.1) is 19.7 Å². The molecule has 0 spiro atoms. The third-order valence-electron chi connectivity index (χ3n) is 30.4. The van der Waals surface area contributed by atoms with Crippen LogP contribution in [0.2, 0.25) is 10.3 Å². The molecule has 3 aliphatic heterocycles. The second-order valence-corrected chi connectivity index (χ2v) is 45.9. The van der Waals surface area contributed by atoms with Crippen LogP contribution in [0.4, 0.5) is 0 Å². The SMILES string of the molecule is C.C.C=CCCC[C@@H]1C[C@H]1OC(=O)C[C@H](C(=O)N1C[C@H](Oc2nc3cc(OC)ccc3nc2C=C)[C@@H](C)[C@H]1C(=O)OC(C)(C)C)C1(C)CCCC1.C=CCCC[C@@H]1C[C@H]1OC(=O)C[C@H](C(=O)N1C[C@H](Oc2nc3cc(OC)ccc3nc2Cl)[C@@H](C)[C@H]1C(=O)OC(C)(C)C)C1(C)CCCC1.C=CCCC[C@@H]1C[C@H]1OC(=O)C[C@H](C(=O)O)C1(C)CCCC1.COc1ccc2nc(Cl)c(O[C@H]3CN[C@H](C(=O)OC(C)(C)C)[C@@H]3C)nc2c1.[2H][2H].[2H][2H].[2H][2H].[2H][2H].[2H][2H].[2H][2H].[2H][2H]. The number of allylic oxidation sites excluding steroid dienone is 3. The van der Waals surface area contributed by atoms with Crippen LogP contribution in [-0.4, -0.2) is 211 Å². The lowest BCUT2D eigenvalue weighted by Crippen LogP contribution is -2.50. The van der Waals surface area contributed by atoms with E-state index in [9.17, 15) is 48.3 Å². The van der Waals surface area contributed by atoms with E-state index in [0.29, 0.717) is 80.3 Å². The van der Waals surface area contributed by atoms with Crippen molar-refractivity contribution in [1.29, 1.82) is 0 Å². The number of nitrogens with zero attached hydrogens (tertiary/aromatic N) is 8. The molecule has 6 aromatic rings. The second-order valence-electron chi connectivity index (χ2n) is 45.1. The number of fused-ring (bicyclic) bond motifs is 3. The number of hydrogen-bond acceptors (Lipinski definition) is 28. The highest BCUT2D eigenvalue weighted by atomic mass is 35.5. The molecule has 2 amide bonds. The number of hydrogen-bond donors (Lipinski definition) is 2. The molecule has 9 aliphatic rings. The number of aromatic nitrogens is 6. The number of methoxy groups -OCH3 is 3. The number of aliphatic carboxylic acids is 1. The number of unbranched alkanes of at least 4 members (excludes halogenated alkanes) is 3. The molecule has 15 rings (SSSR count). The summed E-state index contributed by atoms with van der Waals surface area (Å²) in [7, 11) is 4.74. The van der Waals surface area contributed by atoms with Gasteiger partial charge in [0.25, 0.3) is 11.8 Å². The lowest BCUT2D eigenvalue weighted by atomic mass is 9.73. The third kappa shape index (κ3) is 31.5. The predicted molar refractivity (Wildman–Crippen MR) is 585 cm³/mol. The monoisotopic (exact) mass is 2120 g/mol. The topological polar surface area (TPSA) is 380 Å². The fourth-order valence-electron chi connectivity index (χ4n) is 21.5. The Labute approximate surface area is 906 Å². The minimum absolute atomic E-state index is 0. The first-order valence-electron chi connectivity index (χ1n) is 59.3. The maximum Gasteiger partial charge on any atom is 0.329 e. The van der Waals surface area contributed by atoms with Crippen LogP contribution in [-0.2, 0) is 71.6 Å². The van der Waals surface area contributed by atoms with Crippen molar-refractivity contribution < 1.29 is 126 Å². The number of rotatable bonds is 40. The van der Waals surface area contributed by atoms with E-state index in [1.807, 2.05) is 78.8 Å². The first-order valence-corrected chi connectivity index (χ1v) is 53.1. The molecule has 148 heavy (non-hydrogen) atoms. The molecule has 6 saturated carbocycles. The van der Waals surface area contributed by atoms with Gasteiger partial charge in [0.2, 0.25) is 17.7 Å². The minimum Gasteiger partial charge on any atom is -0.497 e. The van der Waals surface area contributed by atoms with Gasteiger partial charge in [0.05, 0.1) is 105 Å². The van der Waals surface area contributed by atoms with Gasteiger partial charge < -0.3 is 77.1 Å². The summed E-state index contributed by atoms with van der Waals surface area (Å²) in [5.41, 5.74) is 0.916. The second kappa shape index (κ2) is 51.8. The molecule has 828 valence electrons. The van der Waals surface area contributed by atoms with Gasteiger partial charge in [0.1, 0.15) is 94.5 Å². The van der Waals surface area contributed by atoms with Crippen LogP contribution < -0.4 is 33.7 Å². The van der Waals surface area contributed by atoms with Crippen molar-refractivity contribution in [2.75, 3.05) is 41.0 Å². The van der Waals surface area contributed by atoms with Gasteiger partial charge in [-0.25, -0.2) is 39.5 Å². The van der Waals surface area contributed by atoms with E-state index in [1.165, 1.54) is 0 Å². The minimum atomic E-state index is -0.935. The molecule has 18 atom stereocenters. The lowest BCUT2D eigenvalue weighted by Gasteiger charge is -2.37. The average molecular weight is 2120 g/mol. The summed E-state index contributed by atoms with van der Waals surface area (Å²) in [6.07, 6.45) is 28.4. The number of halogens is 2. The van der Waals surface area contributed by atoms with Crippen LogP contribution in [0, 0.1) is 69.5 Å². The van der Waals surface area contributed by atoms with Gasteiger partial charge >= 0.3 is 41.8 Å². The summed E-state index contributed by atoms with van der Waals surface area (Å²) < 4.78 is 139. The molecule has 2 N–H and O–H groups in total. The molecule has 6 aliphatic carbocycles. The zero-order chi connectivity index (χ0) is 120. The number of likely N-dealkylation sites (tertiary alicyclic amines) is 2. The van der Waals surface area contributed by atoms with Crippen LogP contribution in [0.3, 0.4) is 0 Å². The summed E-state index contributed by atoms with van der Waals surface area (Å²) >= 11 is 12.8. The van der Waals surface area contributed by atoms with Gasteiger partial charge in [-0.1, -0.05) is 143 Å². The molecule has 6 heterocycles. The van der Waals surface area contributed by atoms with E-state index < -0.39 is 105 Å². The number of nitrogens with one attached hydrogen (secondary N) is 1. The van der Waals surface area contributed by atoms with Crippen molar-refractivity contribution in [2.24, 2.45) is 69.5 Å². The Morgan fingerprint density at radius 2 is 0.770 bits per heavy atom. The van der Waals surface area contributed by atoms with Crippen molar-refractivity contribution in [3.8, 4) is 34.9 Å². The van der Waals surface area contributed by atoms with Crippen molar-refractivity contribution in [2.45, 2.75) is 364 Å². The standard InChI is InChI=1S/C39H53N3O7.C37H50ClN3O7.C19H24ClN3O4.C18H28O4.2CH4.7H2/c1-9-11-12-15-25-20-31(25)47-33(43)22-27(39(7)18-13-14-19-39)36(44)42-23-32(24(3)34(42)37(45)49-38(4,5)6)48-35-28(10-2)40-29-17-16-26(46-8)21-30(29)41-35;1-8-9-10-13-23-18-28(23)46-30(42)20-25(37(6)16-11-12-17-37)34(43)41-21-29(22(2)31(41)35(44)48-36(3,4)5)47-33-32(38)39-26-15-14-24(45-7)19-27(26)40-33;1-10-14(9-21-15(10)18(24)27-19(2,3)4)26-17-16(20)22-12-7-6-11(25-5)8-13(12)23-17;1-3-4-5-8-13-11-15(13)22-16(19)12-14(17(20)21)18(2)9-6-7-10-18;;;;;;;;;/h9-10,16-17,21,24-25,27,31-32,34H,1-2,11-15,18-20,22-23H2,3-8H3;8,14-15,19,22-23,25,28-29,31H,1,9-13,16-18,20-21H2,2-7H3;6-8,10,14-15,21H,9H2,1-5H3;3,13-15H,1,4-12H2,2H3,(H,20,21);2*1H4;7*1H/t24-,25-,27-,31-,32+,34+;22-,23-,25-,28-,29+,31+;10-,14+,15+;13-,14-,15-;;;;;;;;;/m1111........./s1/i;;;;;;7*1+1D. The fourth-order valence-corrected chi connectivity index (χ4v) is 21.9. The van der Waals surface area contributed by atoms with Crippen LogP contribution in [0.15, 0.2) is 99.1 Å². The summed E-state index contributed by atoms with van der Waals surface area (Å²) in [4.78, 5) is 150. The van der Waals surface area contributed by atoms with E-state index in [-0.39, 0.29) is 147 Å². The number of carboxylic acids is 1. The maximum absolute atomic E-state index is 14.8. The number of amides is 2. The van der Waals surface area contributed by atoms with E-state index in [2.05, 4.69) is 70.4 Å². The fraction of sp³-hybridized carbons (Fsp3) is 0.643. The highest BCUT2D eigenvalue weighted by molar-refractivity contribution is 6.31. The molecule has 3 saturated heterocycles. The number of carbonyl (C=O) groups is 9. The van der Waals surface area contributed by atoms with Crippen LogP contribution in [0.5, 0.6) is 34.9 Å². The van der Waals surface area contributed by atoms with E-state index in [1.54, 1.807) is 121 Å². The average Bonchev–Trinajstić information content (AvgIpc) is 1.61. The van der Waals surface area contributed by atoms with Crippen LogP contribution in [0.25, 0.3) is 39.2 Å². The summed E-state index contributed by atoms with van der Waals surface area (Å²) in [5.74, 6) is -2.99. The zero-order valence-corrected chi connectivity index (χ0v) is 90.3. The van der Waals surface area contributed by atoms with Crippen molar-refractivity contribution >= 4 is 116 Å². The van der Waals surface area contributed by atoms with Gasteiger partial charge in [0, 0.05) is 63.3 Å². The third-order valence-corrected chi connectivity index (χ3v) is 30.8. The van der Waals surface area contributed by atoms with Gasteiger partial charge in [0.15, 0.2) is 10.3 Å². The van der Waals surface area contributed by atoms with E-state index >= 15 is 0 Å². The first kappa shape index (κ1) is 108. The molecule has 31 nitrogen and oxygen atoms in total. The Kier molecular flexibility index (Phi) is 38.0. The maximum atomic E-state index is 14.8. The van der Waals surface area contributed by atoms with E-state index in [0.717, 1.165) is 154 Å². The van der Waals surface area contributed by atoms with E-state index in [4.69, 9.17) is 106 Å². The number of benzene rings is 3. The number of esters is 6. The Morgan fingerprint density at radius 1 is 0.453 bits per heavy atom. The van der Waals surface area contributed by atoms with Crippen molar-refractivity contribution in [1.82, 2.24) is 45.0 Å². The Morgan fingerprint density at radius 3 is 1.10 bits per heavy atom. The predicted octanol–water partition coefficient (Wildman–Crippen LogP) is 24.1. The molecule has 3 aromatic carbocycles. The highest BCUT2D eigenvalue weighted by Gasteiger charge is 2.57. The highest BCUT2D eigenvalue weighted by Crippen LogP contribution is 2.53. The Bertz CT molecular complexity index is 5710.